The van der Waals surface area contributed by atoms with Crippen molar-refractivity contribution in [2.45, 2.75) is 12.8 Å². The van der Waals surface area contributed by atoms with Crippen LogP contribution in [0.3, 0.4) is 0 Å². The minimum absolute atomic E-state index is 0.0917. The first-order chi connectivity index (χ1) is 12.9. The molecular weight excluding hydrogens is 348 g/mol. The first-order valence-corrected chi connectivity index (χ1v) is 7.94. The molecule has 0 aliphatic rings. The lowest BCUT2D eigenvalue weighted by atomic mass is 10.0. The van der Waals surface area contributed by atoms with Crippen LogP contribution in [0.25, 0.3) is 0 Å². The van der Waals surface area contributed by atoms with E-state index >= 15 is 0 Å². The number of hydrogen-bond donors (Lipinski definition) is 3. The number of carbonyl (C=O) groups is 1. The van der Waals surface area contributed by atoms with Gasteiger partial charge in [-0.3, -0.25) is 4.79 Å². The van der Waals surface area contributed by atoms with Gasteiger partial charge in [-0.25, -0.2) is 4.98 Å². The molecule has 0 aliphatic heterocycles. The number of nitrogen functional groups attached to an aromatic ring is 2. The van der Waals surface area contributed by atoms with Crippen LogP contribution in [0, 0.1) is 11.8 Å². The predicted molar refractivity (Wildman–Crippen MR) is 101 cm³/mol. The van der Waals surface area contributed by atoms with E-state index in [1.165, 1.54) is 26.4 Å². The zero-order valence-electron chi connectivity index (χ0n) is 15.0. The van der Waals surface area contributed by atoms with E-state index in [0.717, 1.165) is 11.1 Å². The summed E-state index contributed by atoms with van der Waals surface area (Å²) in [4.78, 5) is 18.4. The summed E-state index contributed by atoms with van der Waals surface area (Å²) in [6, 6.07) is 3.66. The highest BCUT2D eigenvalue weighted by Crippen LogP contribution is 2.33. The fourth-order valence-corrected chi connectivity index (χ4v) is 2.34. The summed E-state index contributed by atoms with van der Waals surface area (Å²) in [5, 5.41) is 8.63. The third-order valence-corrected chi connectivity index (χ3v) is 3.55. The van der Waals surface area contributed by atoms with E-state index in [1.54, 1.807) is 6.20 Å². The average molecular weight is 368 g/mol. The summed E-state index contributed by atoms with van der Waals surface area (Å²) in [5.74, 6) is 6.25. The van der Waals surface area contributed by atoms with Gasteiger partial charge in [0.15, 0.2) is 11.5 Å². The van der Waals surface area contributed by atoms with Gasteiger partial charge >= 0.3 is 5.97 Å². The Kier molecular flexibility index (Phi) is 6.61. The molecule has 0 saturated carbocycles. The smallest absolute Gasteiger partial charge is 0.307 e. The number of rotatable bonds is 6. The second-order valence-electron chi connectivity index (χ2n) is 5.46. The third kappa shape index (κ3) is 5.37. The van der Waals surface area contributed by atoms with Crippen molar-refractivity contribution in [3.63, 3.8) is 0 Å². The summed E-state index contributed by atoms with van der Waals surface area (Å²) in [7, 11) is 3.06. The van der Waals surface area contributed by atoms with Gasteiger partial charge in [0.2, 0.25) is 5.95 Å². The first kappa shape index (κ1) is 19.6. The number of nitrogens with zero attached hydrogens (tertiary/aromatic N) is 2. The van der Waals surface area contributed by atoms with Gasteiger partial charge in [-0.05, 0) is 23.8 Å². The first-order valence-electron chi connectivity index (χ1n) is 7.94. The average Bonchev–Trinajstić information content (AvgIpc) is 2.63. The number of benzene rings is 1. The van der Waals surface area contributed by atoms with Crippen LogP contribution >= 0.6 is 0 Å². The fraction of sp³-hybridized carbons (Fsp3) is 0.211. The monoisotopic (exact) mass is 368 g/mol. The molecule has 1 aromatic heterocycles. The standard InChI is InChI=1S/C19H20N4O4/c1-26-15-10-12(9-14-11-22-19(21)23-18(14)20)8-13(17(15)27-2)6-4-3-5-7-16(24)25/h3,5,8,10-11H,7,9H2,1-2H3,(H,24,25)(H4,20,21,22,23)/b5-3+. The maximum Gasteiger partial charge on any atom is 0.307 e. The van der Waals surface area contributed by atoms with Gasteiger partial charge in [0.1, 0.15) is 5.82 Å². The maximum absolute atomic E-state index is 10.5. The lowest BCUT2D eigenvalue weighted by molar-refractivity contribution is -0.136. The van der Waals surface area contributed by atoms with Crippen LogP contribution in [0.4, 0.5) is 11.8 Å². The van der Waals surface area contributed by atoms with Crippen LogP contribution in [0.2, 0.25) is 0 Å². The highest BCUT2D eigenvalue weighted by Gasteiger charge is 2.13. The molecule has 8 nitrogen and oxygen atoms in total. The largest absolute Gasteiger partial charge is 0.493 e. The number of allylic oxidation sites excluding steroid dienone is 1. The summed E-state index contributed by atoms with van der Waals surface area (Å²) in [5.41, 5.74) is 13.6. The Hall–Kier alpha value is -3.73. The molecule has 8 heteroatoms. The molecule has 1 aromatic carbocycles. The normalized spacial score (nSPS) is 10.3. The highest BCUT2D eigenvalue weighted by molar-refractivity contribution is 5.68. The molecule has 1 heterocycles. The van der Waals surface area contributed by atoms with Crippen molar-refractivity contribution >= 4 is 17.7 Å². The zero-order valence-corrected chi connectivity index (χ0v) is 15.0. The number of nitrogens with two attached hydrogens (primary N) is 2. The Morgan fingerprint density at radius 3 is 2.70 bits per heavy atom. The number of ether oxygens (including phenoxy) is 2. The molecule has 0 unspecified atom stereocenters. The molecule has 2 rings (SSSR count). The molecule has 2 aromatic rings. The van der Waals surface area contributed by atoms with Crippen molar-refractivity contribution in [1.82, 2.24) is 9.97 Å². The second-order valence-corrected chi connectivity index (χ2v) is 5.46. The van der Waals surface area contributed by atoms with E-state index in [4.69, 9.17) is 26.0 Å². The maximum atomic E-state index is 10.5. The molecule has 0 fully saturated rings. The van der Waals surface area contributed by atoms with Gasteiger partial charge < -0.3 is 26.0 Å². The number of carboxylic acids is 1. The Morgan fingerprint density at radius 2 is 2.07 bits per heavy atom. The minimum atomic E-state index is -0.919. The Morgan fingerprint density at radius 1 is 1.30 bits per heavy atom. The van der Waals surface area contributed by atoms with Crippen LogP contribution in [0.5, 0.6) is 11.5 Å². The van der Waals surface area contributed by atoms with Crippen LogP contribution < -0.4 is 20.9 Å². The van der Waals surface area contributed by atoms with Crippen LogP contribution in [0.15, 0.2) is 30.5 Å². The van der Waals surface area contributed by atoms with Gasteiger partial charge in [-0.1, -0.05) is 17.9 Å². The van der Waals surface area contributed by atoms with Crippen molar-refractivity contribution in [3.8, 4) is 23.3 Å². The third-order valence-electron chi connectivity index (χ3n) is 3.55. The molecule has 0 aliphatic carbocycles. The van der Waals surface area contributed by atoms with Crippen molar-refractivity contribution in [1.29, 1.82) is 0 Å². The molecule has 0 amide bonds. The van der Waals surface area contributed by atoms with Crippen LogP contribution in [-0.2, 0) is 11.2 Å². The number of anilines is 2. The van der Waals surface area contributed by atoms with E-state index in [-0.39, 0.29) is 12.4 Å². The topological polar surface area (TPSA) is 134 Å². The zero-order chi connectivity index (χ0) is 19.8. The van der Waals surface area contributed by atoms with E-state index in [0.29, 0.717) is 29.3 Å². The van der Waals surface area contributed by atoms with Gasteiger partial charge in [-0.2, -0.15) is 4.98 Å². The molecule has 0 spiro atoms. The summed E-state index contributed by atoms with van der Waals surface area (Å²) < 4.78 is 10.8. The second kappa shape index (κ2) is 9.10. The lowest BCUT2D eigenvalue weighted by Crippen LogP contribution is -2.04. The summed E-state index contributed by atoms with van der Waals surface area (Å²) >= 11 is 0. The van der Waals surface area contributed by atoms with E-state index < -0.39 is 5.97 Å². The van der Waals surface area contributed by atoms with Crippen molar-refractivity contribution < 1.29 is 19.4 Å². The van der Waals surface area contributed by atoms with Gasteiger partial charge in [0, 0.05) is 18.2 Å². The molecule has 0 atom stereocenters. The van der Waals surface area contributed by atoms with Crippen LogP contribution in [0.1, 0.15) is 23.1 Å². The van der Waals surface area contributed by atoms with Gasteiger partial charge in [-0.15, -0.1) is 0 Å². The Labute approximate surface area is 156 Å². The number of carboxylic acid groups (broad SMARTS) is 1. The van der Waals surface area contributed by atoms with Crippen molar-refractivity contribution in [3.05, 3.63) is 47.2 Å². The summed E-state index contributed by atoms with van der Waals surface area (Å²) in [6.07, 6.45) is 4.89. The molecule has 27 heavy (non-hydrogen) atoms. The molecule has 140 valence electrons. The highest BCUT2D eigenvalue weighted by atomic mass is 16.5. The number of aromatic nitrogens is 2. The van der Waals surface area contributed by atoms with Crippen molar-refractivity contribution in [2.24, 2.45) is 0 Å². The fourth-order valence-electron chi connectivity index (χ4n) is 2.34. The van der Waals surface area contributed by atoms with E-state index in [2.05, 4.69) is 21.8 Å². The van der Waals surface area contributed by atoms with Crippen LogP contribution in [-0.4, -0.2) is 35.3 Å². The van der Waals surface area contributed by atoms with E-state index in [1.807, 2.05) is 12.1 Å². The Bertz CT molecular complexity index is 929. The Balaban J connectivity index is 2.38. The lowest BCUT2D eigenvalue weighted by Gasteiger charge is -2.13. The molecule has 0 bridgehead atoms. The number of methoxy groups -OCH3 is 2. The SMILES string of the molecule is COc1cc(Cc2cnc(N)nc2N)cc(C#C/C=C/CC(=O)O)c1OC. The number of aliphatic carboxylic acids is 1. The molecular formula is C19H20N4O4. The number of hydrogen-bond acceptors (Lipinski definition) is 7. The van der Waals surface area contributed by atoms with E-state index in [9.17, 15) is 4.79 Å². The van der Waals surface area contributed by atoms with Gasteiger partial charge in [0.25, 0.3) is 0 Å². The molecule has 0 radical (unpaired) electrons. The van der Waals surface area contributed by atoms with Gasteiger partial charge in [0.05, 0.1) is 26.2 Å². The molecule has 5 N–H and O–H groups in total. The van der Waals surface area contributed by atoms with Crippen molar-refractivity contribution in [2.75, 3.05) is 25.7 Å². The minimum Gasteiger partial charge on any atom is -0.493 e. The molecule has 0 saturated heterocycles. The summed E-state index contributed by atoms with van der Waals surface area (Å²) in [6.45, 7) is 0. The predicted octanol–water partition coefficient (Wildman–Crippen LogP) is 1.63. The quantitative estimate of drug-likeness (QED) is 0.655.